The van der Waals surface area contributed by atoms with Gasteiger partial charge in [0.25, 0.3) is 1.43 Å². The van der Waals surface area contributed by atoms with E-state index in [4.69, 9.17) is 1.43 Å². The van der Waals surface area contributed by atoms with Gasteiger partial charge in [0, 0.05) is 0 Å². The zero-order valence-corrected chi connectivity index (χ0v) is 5.63. The van der Waals surface area contributed by atoms with E-state index in [0.29, 0.717) is 0 Å². The maximum absolute atomic E-state index is 11.0. The third kappa shape index (κ3) is 1.35. The van der Waals surface area contributed by atoms with E-state index >= 15 is 0 Å². The summed E-state index contributed by atoms with van der Waals surface area (Å²) >= 11 is 0. The SMILES string of the molecule is [2H]Oc1ccc(C)ccc1=O. The van der Waals surface area contributed by atoms with Gasteiger partial charge in [-0.05, 0) is 19.1 Å². The van der Waals surface area contributed by atoms with Crippen molar-refractivity contribution in [3.63, 3.8) is 0 Å². The first-order valence-electron chi connectivity index (χ1n) is 3.39. The average molecular weight is 137 g/mol. The summed E-state index contributed by atoms with van der Waals surface area (Å²) in [6, 6.07) is 6.29. The fourth-order valence-electron chi connectivity index (χ4n) is 0.634. The fourth-order valence-corrected chi connectivity index (χ4v) is 0.634. The van der Waals surface area contributed by atoms with Crippen LogP contribution in [0.25, 0.3) is 0 Å². The Morgan fingerprint density at radius 3 is 2.80 bits per heavy atom. The third-order valence-corrected chi connectivity index (χ3v) is 1.24. The smallest absolute Gasteiger partial charge is 0.293 e. The van der Waals surface area contributed by atoms with E-state index in [9.17, 15) is 4.79 Å². The van der Waals surface area contributed by atoms with Gasteiger partial charge in [-0.15, -0.1) is 0 Å². The molecular formula is C8H8O2. The van der Waals surface area contributed by atoms with Crippen molar-refractivity contribution >= 4 is 0 Å². The van der Waals surface area contributed by atoms with Crippen LogP contribution in [0.15, 0.2) is 29.1 Å². The van der Waals surface area contributed by atoms with Crippen LogP contribution in [0, 0.1) is 6.92 Å². The zero-order chi connectivity index (χ0) is 8.27. The quantitative estimate of drug-likeness (QED) is 0.628. The summed E-state index contributed by atoms with van der Waals surface area (Å²) in [4.78, 5) is 11.0. The van der Waals surface area contributed by atoms with E-state index in [1.807, 2.05) is 6.92 Å². The molecule has 0 aliphatic carbocycles. The van der Waals surface area contributed by atoms with Crippen molar-refractivity contribution in [3.05, 3.63) is 40.1 Å². The molecule has 1 aromatic rings. The van der Waals surface area contributed by atoms with Crippen LogP contribution in [0.3, 0.4) is 0 Å². The lowest BCUT2D eigenvalue weighted by molar-refractivity contribution is 0.471. The lowest BCUT2D eigenvalue weighted by Gasteiger charge is -1.76. The number of aromatic hydroxyl groups is 1. The summed E-state index contributed by atoms with van der Waals surface area (Å²) in [5.41, 5.74) is 0.693. The van der Waals surface area contributed by atoms with E-state index < -0.39 is 0 Å². The minimum Gasteiger partial charge on any atom is -0.504 e. The van der Waals surface area contributed by atoms with Gasteiger partial charge < -0.3 is 5.11 Å². The van der Waals surface area contributed by atoms with Crippen LogP contribution >= 0.6 is 0 Å². The second-order valence-electron chi connectivity index (χ2n) is 2.14. The first-order chi connectivity index (χ1) is 5.24. The molecule has 0 fully saturated rings. The Morgan fingerprint density at radius 2 is 2.10 bits per heavy atom. The zero-order valence-electron chi connectivity index (χ0n) is 6.63. The first kappa shape index (κ1) is 5.47. The second kappa shape index (κ2) is 2.52. The molecule has 0 amide bonds. The standard InChI is InChI=1S/C8H8O2/c1-6-2-4-7(9)8(10)5-3-6/h2-5H,1H3,(H,9,10)/i/hD. The van der Waals surface area contributed by atoms with Crippen LogP contribution in [-0.2, 0) is 0 Å². The van der Waals surface area contributed by atoms with Crippen molar-refractivity contribution < 1.29 is 5.11 Å². The van der Waals surface area contributed by atoms with Crippen molar-refractivity contribution in [1.82, 2.24) is 0 Å². The Kier molecular flexibility index (Phi) is 1.38. The molecule has 1 rings (SSSR count). The summed E-state index contributed by atoms with van der Waals surface area (Å²) in [5, 5.41) is 4.10. The Hall–Kier alpha value is -1.31. The lowest BCUT2D eigenvalue weighted by Crippen LogP contribution is -1.91. The van der Waals surface area contributed by atoms with Crippen molar-refractivity contribution in [1.29, 1.82) is 1.43 Å². The molecule has 10 heavy (non-hydrogen) atoms. The monoisotopic (exact) mass is 137 g/mol. The van der Waals surface area contributed by atoms with Crippen molar-refractivity contribution in [2.45, 2.75) is 6.92 Å². The molecule has 0 bridgehead atoms. The van der Waals surface area contributed by atoms with E-state index in [1.54, 1.807) is 12.1 Å². The van der Waals surface area contributed by atoms with E-state index in [-0.39, 0.29) is 11.2 Å². The van der Waals surface area contributed by atoms with Gasteiger partial charge in [-0.1, -0.05) is 17.7 Å². The topological polar surface area (TPSA) is 37.3 Å². The molecule has 0 radical (unpaired) electrons. The second-order valence-corrected chi connectivity index (χ2v) is 2.14. The van der Waals surface area contributed by atoms with E-state index in [1.165, 1.54) is 12.1 Å². The summed E-state index contributed by atoms with van der Waals surface area (Å²) in [7, 11) is 0. The molecular weight excluding hydrogens is 128 g/mol. The summed E-state index contributed by atoms with van der Waals surface area (Å²) < 4.78 is 6.54. The molecule has 0 unspecified atom stereocenters. The van der Waals surface area contributed by atoms with Gasteiger partial charge in [0.2, 0.25) is 5.43 Å². The number of hydrogen-bond acceptors (Lipinski definition) is 2. The molecule has 0 atom stereocenters. The maximum atomic E-state index is 11.0. The highest BCUT2D eigenvalue weighted by Crippen LogP contribution is 1.99. The van der Waals surface area contributed by atoms with Gasteiger partial charge in [0.05, 0.1) is 0 Å². The third-order valence-electron chi connectivity index (χ3n) is 1.24. The highest BCUT2D eigenvalue weighted by atomic mass is 16.3. The molecule has 2 heteroatoms. The van der Waals surface area contributed by atoms with E-state index in [0.717, 1.165) is 5.56 Å². The Labute approximate surface area is 60.3 Å². The Morgan fingerprint density at radius 1 is 1.40 bits per heavy atom. The van der Waals surface area contributed by atoms with Crippen LogP contribution in [0.5, 0.6) is 5.75 Å². The number of aryl methyl sites for hydroxylation is 1. The van der Waals surface area contributed by atoms with Crippen LogP contribution < -0.4 is 5.43 Å². The summed E-state index contributed by atoms with van der Waals surface area (Å²) in [6.07, 6.45) is 0. The molecule has 0 spiro atoms. The van der Waals surface area contributed by atoms with Crippen molar-refractivity contribution in [2.24, 2.45) is 0 Å². The lowest BCUT2D eigenvalue weighted by atomic mass is 10.3. The number of rotatable bonds is 1. The van der Waals surface area contributed by atoms with Crippen molar-refractivity contribution in [2.75, 3.05) is 0 Å². The fraction of sp³-hybridized carbons (Fsp3) is 0.125. The normalized spacial score (nSPS) is 10.3. The minimum absolute atomic E-state index is 0.0538. The molecule has 0 aliphatic rings. The van der Waals surface area contributed by atoms with Gasteiger partial charge in [0.1, 0.15) is 0 Å². The molecule has 0 aliphatic heterocycles. The molecule has 0 saturated heterocycles. The van der Waals surface area contributed by atoms with Crippen LogP contribution in [0.2, 0.25) is 0 Å². The molecule has 1 N–H and O–H groups in total. The highest BCUT2D eigenvalue weighted by molar-refractivity contribution is 5.22. The number of hydrogen-bond donors (Lipinski definition) is 1. The van der Waals surface area contributed by atoms with Crippen LogP contribution in [0.1, 0.15) is 5.56 Å². The molecule has 2 nitrogen and oxygen atoms in total. The van der Waals surface area contributed by atoms with Gasteiger partial charge in [-0.2, -0.15) is 0 Å². The van der Waals surface area contributed by atoms with Crippen molar-refractivity contribution in [3.8, 4) is 5.75 Å². The van der Waals surface area contributed by atoms with Gasteiger partial charge >= 0.3 is 0 Å². The van der Waals surface area contributed by atoms with E-state index in [2.05, 4.69) is 5.11 Å². The Bertz CT molecular complexity index is 309. The maximum Gasteiger partial charge on any atom is 0.293 e. The summed E-state index contributed by atoms with van der Waals surface area (Å²) in [5.74, 6) is 0.0538. The molecule has 0 heterocycles. The minimum atomic E-state index is -0.270. The molecule has 0 aromatic heterocycles. The van der Waals surface area contributed by atoms with Gasteiger partial charge in [-0.3, -0.25) is 4.79 Å². The largest absolute Gasteiger partial charge is 0.504 e. The predicted molar refractivity (Wildman–Crippen MR) is 39.1 cm³/mol. The average Bonchev–Trinajstić information content (AvgIpc) is 2.15. The predicted octanol–water partition coefficient (Wildman–Crippen LogP) is 1.06. The van der Waals surface area contributed by atoms with Gasteiger partial charge in [0.15, 0.2) is 5.75 Å². The molecule has 1 aromatic carbocycles. The van der Waals surface area contributed by atoms with Crippen LogP contribution in [0.4, 0.5) is 0 Å². The highest BCUT2D eigenvalue weighted by Gasteiger charge is 1.89. The van der Waals surface area contributed by atoms with Gasteiger partial charge in [-0.25, -0.2) is 0 Å². The first-order valence-corrected chi connectivity index (χ1v) is 2.98. The van der Waals surface area contributed by atoms with Crippen LogP contribution in [-0.4, -0.2) is 6.54 Å². The molecule has 0 saturated carbocycles. The molecule has 52 valence electrons. The summed E-state index contributed by atoms with van der Waals surface area (Å²) in [6.45, 7) is 1.87. The Balaban J connectivity index is 3.33.